The Balaban J connectivity index is 1.15. The zero-order valence-electron chi connectivity index (χ0n) is 18.8. The van der Waals surface area contributed by atoms with Crippen LogP contribution in [-0.2, 0) is 16.0 Å². The van der Waals surface area contributed by atoms with Gasteiger partial charge in [0.25, 0.3) is 5.91 Å². The van der Waals surface area contributed by atoms with Gasteiger partial charge in [0, 0.05) is 28.7 Å². The molecule has 0 spiro atoms. The first-order valence-corrected chi connectivity index (χ1v) is 13.1. The summed E-state index contributed by atoms with van der Waals surface area (Å²) in [5.41, 5.74) is 1.35. The highest BCUT2D eigenvalue weighted by atomic mass is 32.1. The molecular weight excluding hydrogens is 468 g/mol. The number of anilines is 2. The largest absolute Gasteiger partial charge is 0.355 e. The molecule has 1 fully saturated rings. The van der Waals surface area contributed by atoms with E-state index in [2.05, 4.69) is 26.9 Å². The minimum absolute atomic E-state index is 0.0135. The van der Waals surface area contributed by atoms with Gasteiger partial charge in [0.05, 0.1) is 11.4 Å². The standard InChI is InChI=1S/C25H28N4O3S2/c30-23(27-19-5-7-20(8-6-19)28-25(32)22-4-2-16-34-22)17-29-13-10-18(11-14-29)24(31)26-12-9-21-3-1-15-33-21/h1-8,15-16,18H,9-14,17H2,(H,26,31)(H,27,30)(H,28,32). The lowest BCUT2D eigenvalue weighted by Crippen LogP contribution is -2.43. The van der Waals surface area contributed by atoms with Crippen LogP contribution in [0.1, 0.15) is 27.4 Å². The number of nitrogens with zero attached hydrogens (tertiary/aromatic N) is 1. The van der Waals surface area contributed by atoms with E-state index in [4.69, 9.17) is 0 Å². The van der Waals surface area contributed by atoms with Gasteiger partial charge < -0.3 is 16.0 Å². The molecular formula is C25H28N4O3S2. The van der Waals surface area contributed by atoms with E-state index < -0.39 is 0 Å². The van der Waals surface area contributed by atoms with E-state index >= 15 is 0 Å². The van der Waals surface area contributed by atoms with Crippen LogP contribution < -0.4 is 16.0 Å². The van der Waals surface area contributed by atoms with Crippen LogP contribution in [0.15, 0.2) is 59.3 Å². The molecule has 1 saturated heterocycles. The van der Waals surface area contributed by atoms with Crippen LogP contribution in [0.3, 0.4) is 0 Å². The maximum Gasteiger partial charge on any atom is 0.265 e. The summed E-state index contributed by atoms with van der Waals surface area (Å²) in [4.78, 5) is 41.0. The van der Waals surface area contributed by atoms with Crippen LogP contribution in [-0.4, -0.2) is 48.8 Å². The van der Waals surface area contributed by atoms with Crippen LogP contribution >= 0.6 is 22.7 Å². The first kappa shape index (κ1) is 24.1. The lowest BCUT2D eigenvalue weighted by Gasteiger charge is -2.30. The van der Waals surface area contributed by atoms with Crippen molar-refractivity contribution in [2.24, 2.45) is 5.92 Å². The summed E-state index contributed by atoms with van der Waals surface area (Å²) < 4.78 is 0. The summed E-state index contributed by atoms with van der Waals surface area (Å²) >= 11 is 3.09. The van der Waals surface area contributed by atoms with Gasteiger partial charge in [-0.1, -0.05) is 12.1 Å². The molecule has 3 N–H and O–H groups in total. The molecule has 1 aromatic carbocycles. The number of piperidine rings is 1. The lowest BCUT2D eigenvalue weighted by atomic mass is 9.96. The molecule has 4 rings (SSSR count). The van der Waals surface area contributed by atoms with Gasteiger partial charge in [-0.05, 0) is 79.5 Å². The molecule has 0 atom stereocenters. The Morgan fingerprint density at radius 1 is 0.882 bits per heavy atom. The minimum Gasteiger partial charge on any atom is -0.355 e. The molecule has 1 aliphatic rings. The van der Waals surface area contributed by atoms with Gasteiger partial charge in [-0.3, -0.25) is 19.3 Å². The van der Waals surface area contributed by atoms with Crippen molar-refractivity contribution in [3.63, 3.8) is 0 Å². The van der Waals surface area contributed by atoms with E-state index in [9.17, 15) is 14.4 Å². The summed E-state index contributed by atoms with van der Waals surface area (Å²) in [5, 5.41) is 12.7. The Morgan fingerprint density at radius 3 is 2.21 bits per heavy atom. The van der Waals surface area contributed by atoms with E-state index in [0.717, 1.165) is 32.4 Å². The highest BCUT2D eigenvalue weighted by molar-refractivity contribution is 7.12. The summed E-state index contributed by atoms with van der Waals surface area (Å²) in [6.07, 6.45) is 2.39. The fourth-order valence-corrected chi connectivity index (χ4v) is 5.23. The van der Waals surface area contributed by atoms with Crippen LogP contribution in [0.4, 0.5) is 11.4 Å². The van der Waals surface area contributed by atoms with Gasteiger partial charge in [0.1, 0.15) is 0 Å². The van der Waals surface area contributed by atoms with Crippen molar-refractivity contribution in [3.05, 3.63) is 69.0 Å². The number of likely N-dealkylation sites (tertiary alicyclic amines) is 1. The summed E-state index contributed by atoms with van der Waals surface area (Å²) in [6.45, 7) is 2.41. The second kappa shape index (κ2) is 11.9. The third-order valence-electron chi connectivity index (χ3n) is 5.75. The second-order valence-electron chi connectivity index (χ2n) is 8.23. The maximum absolute atomic E-state index is 12.5. The van der Waals surface area contributed by atoms with Crippen molar-refractivity contribution in [1.82, 2.24) is 10.2 Å². The van der Waals surface area contributed by atoms with Crippen LogP contribution in [0, 0.1) is 5.92 Å². The number of nitrogens with one attached hydrogen (secondary N) is 3. The molecule has 0 bridgehead atoms. The third-order valence-corrected chi connectivity index (χ3v) is 7.55. The topological polar surface area (TPSA) is 90.5 Å². The summed E-state index contributed by atoms with van der Waals surface area (Å²) in [7, 11) is 0. The van der Waals surface area contributed by atoms with Crippen LogP contribution in [0.5, 0.6) is 0 Å². The average Bonchev–Trinajstić information content (AvgIpc) is 3.55. The number of carbonyl (C=O) groups is 3. The highest BCUT2D eigenvalue weighted by Gasteiger charge is 2.25. The first-order valence-electron chi connectivity index (χ1n) is 11.3. The van der Waals surface area contributed by atoms with Gasteiger partial charge in [-0.25, -0.2) is 0 Å². The number of rotatable bonds is 9. The van der Waals surface area contributed by atoms with Crippen molar-refractivity contribution in [1.29, 1.82) is 0 Å². The predicted octanol–water partition coefficient (Wildman–Crippen LogP) is 4.07. The molecule has 3 aromatic rings. The lowest BCUT2D eigenvalue weighted by molar-refractivity contribution is -0.126. The van der Waals surface area contributed by atoms with Crippen molar-refractivity contribution < 1.29 is 14.4 Å². The number of thiophene rings is 2. The van der Waals surface area contributed by atoms with Gasteiger partial charge in [-0.15, -0.1) is 22.7 Å². The average molecular weight is 497 g/mol. The zero-order chi connectivity index (χ0) is 23.8. The molecule has 178 valence electrons. The Bertz CT molecular complexity index is 1070. The molecule has 9 heteroatoms. The van der Waals surface area contributed by atoms with Crippen molar-refractivity contribution in [2.75, 3.05) is 36.8 Å². The van der Waals surface area contributed by atoms with E-state index in [-0.39, 0.29) is 23.6 Å². The summed E-state index contributed by atoms with van der Waals surface area (Å²) in [6, 6.07) is 14.8. The van der Waals surface area contributed by atoms with Crippen molar-refractivity contribution in [3.8, 4) is 0 Å². The molecule has 1 aliphatic heterocycles. The molecule has 0 aliphatic carbocycles. The Hall–Kier alpha value is -3.01. The van der Waals surface area contributed by atoms with Crippen LogP contribution in [0.2, 0.25) is 0 Å². The second-order valence-corrected chi connectivity index (χ2v) is 10.2. The number of hydrogen-bond donors (Lipinski definition) is 3. The van der Waals surface area contributed by atoms with E-state index in [1.807, 2.05) is 22.9 Å². The monoisotopic (exact) mass is 496 g/mol. The van der Waals surface area contributed by atoms with E-state index in [0.29, 0.717) is 29.3 Å². The maximum atomic E-state index is 12.5. The first-order chi connectivity index (χ1) is 16.6. The third kappa shape index (κ3) is 6.99. The van der Waals surface area contributed by atoms with Gasteiger partial charge in [0.15, 0.2) is 0 Å². The number of carbonyl (C=O) groups excluding carboxylic acids is 3. The Morgan fingerprint density at radius 2 is 1.56 bits per heavy atom. The molecule has 2 aromatic heterocycles. The summed E-state index contributed by atoms with van der Waals surface area (Å²) in [5.74, 6) is -0.105. The highest BCUT2D eigenvalue weighted by Crippen LogP contribution is 2.19. The molecule has 0 saturated carbocycles. The Kier molecular flexibility index (Phi) is 8.46. The molecule has 7 nitrogen and oxygen atoms in total. The SMILES string of the molecule is O=C(CN1CCC(C(=O)NCCc2cccs2)CC1)Nc1ccc(NC(=O)c2cccs2)cc1. The molecule has 3 amide bonds. The number of benzene rings is 1. The van der Waals surface area contributed by atoms with E-state index in [1.54, 1.807) is 41.7 Å². The van der Waals surface area contributed by atoms with Gasteiger partial charge in [-0.2, -0.15) is 0 Å². The van der Waals surface area contributed by atoms with E-state index in [1.165, 1.54) is 16.2 Å². The minimum atomic E-state index is -0.147. The molecule has 34 heavy (non-hydrogen) atoms. The predicted molar refractivity (Wildman–Crippen MR) is 138 cm³/mol. The number of amides is 3. The van der Waals surface area contributed by atoms with Crippen molar-refractivity contribution in [2.45, 2.75) is 19.3 Å². The smallest absolute Gasteiger partial charge is 0.265 e. The fraction of sp³-hybridized carbons (Fsp3) is 0.320. The Labute approximate surface area is 207 Å². The molecule has 0 unspecified atom stereocenters. The quantitative estimate of drug-likeness (QED) is 0.417. The van der Waals surface area contributed by atoms with Crippen LogP contribution in [0.25, 0.3) is 0 Å². The van der Waals surface area contributed by atoms with Gasteiger partial charge in [0.2, 0.25) is 11.8 Å². The fourth-order valence-electron chi connectivity index (χ4n) is 3.90. The molecule has 0 radical (unpaired) electrons. The zero-order valence-corrected chi connectivity index (χ0v) is 20.4. The number of hydrogen-bond acceptors (Lipinski definition) is 6. The van der Waals surface area contributed by atoms with Crippen molar-refractivity contribution >= 4 is 51.8 Å². The van der Waals surface area contributed by atoms with Gasteiger partial charge >= 0.3 is 0 Å². The molecule has 3 heterocycles. The normalized spacial score (nSPS) is 14.5.